The van der Waals surface area contributed by atoms with Crippen molar-refractivity contribution >= 4 is 11.8 Å². The van der Waals surface area contributed by atoms with Crippen LogP contribution in [0.3, 0.4) is 0 Å². The molecular weight excluding hydrogens is 210 g/mol. The summed E-state index contributed by atoms with van der Waals surface area (Å²) in [6.45, 7) is 1.85. The molecule has 3 aliphatic rings. The number of piperidine rings is 1. The number of rotatable bonds is 3. The van der Waals surface area contributed by atoms with Gasteiger partial charge in [-0.2, -0.15) is 0 Å². The molecule has 2 unspecified atom stereocenters. The van der Waals surface area contributed by atoms with Crippen molar-refractivity contribution in [2.75, 3.05) is 19.8 Å². The van der Waals surface area contributed by atoms with E-state index in [2.05, 4.69) is 0 Å². The molecule has 0 aromatic heterocycles. The van der Waals surface area contributed by atoms with Crippen LogP contribution < -0.4 is 0 Å². The van der Waals surface area contributed by atoms with Crippen LogP contribution in [0.2, 0.25) is 0 Å². The van der Waals surface area contributed by atoms with Crippen molar-refractivity contribution in [2.24, 2.45) is 11.8 Å². The maximum absolute atomic E-state index is 11.7. The van der Waals surface area contributed by atoms with Gasteiger partial charge in [0.15, 0.2) is 6.29 Å². The topological polar surface area (TPSA) is 55.8 Å². The standard InChI is InChI=1S/C11H15NO4/c13-10-7-6-8(7)11(14)12(10)3-2-9-15-4-1-5-16-9/h7-9H,1-6H2. The van der Waals surface area contributed by atoms with Crippen molar-refractivity contribution < 1.29 is 19.1 Å². The number of likely N-dealkylation sites (tertiary alicyclic amines) is 1. The first kappa shape index (κ1) is 10.2. The van der Waals surface area contributed by atoms with Gasteiger partial charge in [-0.15, -0.1) is 0 Å². The molecule has 0 radical (unpaired) electrons. The third-order valence-corrected chi connectivity index (χ3v) is 3.44. The number of carbonyl (C=O) groups is 2. The van der Waals surface area contributed by atoms with Crippen molar-refractivity contribution in [2.45, 2.75) is 25.6 Å². The zero-order chi connectivity index (χ0) is 11.1. The van der Waals surface area contributed by atoms with E-state index in [0.717, 1.165) is 12.8 Å². The summed E-state index contributed by atoms with van der Waals surface area (Å²) < 4.78 is 10.7. The number of carbonyl (C=O) groups excluding carboxylic acids is 2. The molecule has 3 fully saturated rings. The number of nitrogens with zero attached hydrogens (tertiary/aromatic N) is 1. The lowest BCUT2D eigenvalue weighted by Gasteiger charge is -2.25. The fourth-order valence-electron chi connectivity index (χ4n) is 2.41. The second-order valence-corrected chi connectivity index (χ2v) is 4.59. The lowest BCUT2D eigenvalue weighted by Crippen LogP contribution is -2.37. The molecule has 2 atom stereocenters. The van der Waals surface area contributed by atoms with Crippen LogP contribution in [0.5, 0.6) is 0 Å². The van der Waals surface area contributed by atoms with Crippen molar-refractivity contribution in [3.63, 3.8) is 0 Å². The molecule has 5 heteroatoms. The quantitative estimate of drug-likeness (QED) is 0.641. The Bertz CT molecular complexity index is 304. The summed E-state index contributed by atoms with van der Waals surface area (Å²) in [6.07, 6.45) is 2.04. The van der Waals surface area contributed by atoms with Crippen LogP contribution in [0.15, 0.2) is 0 Å². The Morgan fingerprint density at radius 2 is 1.75 bits per heavy atom. The normalized spacial score (nSPS) is 34.4. The summed E-state index contributed by atoms with van der Waals surface area (Å²) in [5, 5.41) is 0. The van der Waals surface area contributed by atoms with E-state index in [1.807, 2.05) is 0 Å². The number of fused-ring (bicyclic) bond motifs is 1. The molecule has 1 saturated carbocycles. The molecule has 2 saturated heterocycles. The van der Waals surface area contributed by atoms with Crippen LogP contribution in [-0.2, 0) is 19.1 Å². The average molecular weight is 225 g/mol. The van der Waals surface area contributed by atoms with Crippen LogP contribution in [0.4, 0.5) is 0 Å². The van der Waals surface area contributed by atoms with E-state index in [9.17, 15) is 9.59 Å². The van der Waals surface area contributed by atoms with Crippen LogP contribution in [0.25, 0.3) is 0 Å². The van der Waals surface area contributed by atoms with Crippen molar-refractivity contribution in [3.8, 4) is 0 Å². The van der Waals surface area contributed by atoms with E-state index < -0.39 is 0 Å². The minimum Gasteiger partial charge on any atom is -0.353 e. The lowest BCUT2D eigenvalue weighted by molar-refractivity contribution is -0.183. The van der Waals surface area contributed by atoms with E-state index in [-0.39, 0.29) is 29.9 Å². The van der Waals surface area contributed by atoms with Crippen molar-refractivity contribution in [1.29, 1.82) is 0 Å². The summed E-state index contributed by atoms with van der Waals surface area (Å²) in [5.41, 5.74) is 0. The Labute approximate surface area is 93.7 Å². The molecule has 0 N–H and O–H groups in total. The van der Waals surface area contributed by atoms with Gasteiger partial charge in [0.25, 0.3) is 0 Å². The average Bonchev–Trinajstić information content (AvgIpc) is 3.05. The highest BCUT2D eigenvalue weighted by atomic mass is 16.7. The molecular formula is C11H15NO4. The molecule has 2 amide bonds. The van der Waals surface area contributed by atoms with Crippen molar-refractivity contribution in [3.05, 3.63) is 0 Å². The highest BCUT2D eigenvalue weighted by molar-refractivity contribution is 6.08. The summed E-state index contributed by atoms with van der Waals surface area (Å²) in [6, 6.07) is 0. The molecule has 0 aromatic carbocycles. The van der Waals surface area contributed by atoms with E-state index >= 15 is 0 Å². The smallest absolute Gasteiger partial charge is 0.233 e. The third-order valence-electron chi connectivity index (χ3n) is 3.44. The van der Waals surface area contributed by atoms with E-state index in [1.54, 1.807) is 0 Å². The number of imide groups is 1. The Balaban J connectivity index is 1.51. The number of hydrogen-bond donors (Lipinski definition) is 0. The van der Waals surface area contributed by atoms with Gasteiger partial charge in [0.2, 0.25) is 11.8 Å². The Kier molecular flexibility index (Phi) is 2.44. The Morgan fingerprint density at radius 3 is 2.38 bits per heavy atom. The molecule has 0 aromatic rings. The molecule has 2 heterocycles. The summed E-state index contributed by atoms with van der Waals surface area (Å²) in [4.78, 5) is 24.7. The Hall–Kier alpha value is -0.940. The first-order valence-corrected chi connectivity index (χ1v) is 5.86. The minimum atomic E-state index is -0.244. The zero-order valence-electron chi connectivity index (χ0n) is 9.05. The van der Waals surface area contributed by atoms with Gasteiger partial charge in [-0.3, -0.25) is 14.5 Å². The van der Waals surface area contributed by atoms with Crippen LogP contribution in [0.1, 0.15) is 19.3 Å². The molecule has 1 aliphatic carbocycles. The van der Waals surface area contributed by atoms with Crippen LogP contribution in [0, 0.1) is 11.8 Å². The predicted molar refractivity (Wildman–Crippen MR) is 53.2 cm³/mol. The number of amides is 2. The van der Waals surface area contributed by atoms with Crippen molar-refractivity contribution in [1.82, 2.24) is 4.90 Å². The SMILES string of the molecule is O=C1C2CC2C(=O)N1CCC1OCCCO1. The molecule has 0 bridgehead atoms. The maximum Gasteiger partial charge on any atom is 0.233 e. The van der Waals surface area contributed by atoms with Gasteiger partial charge in [-0.05, 0) is 12.8 Å². The maximum atomic E-state index is 11.7. The molecule has 0 spiro atoms. The van der Waals surface area contributed by atoms with Crippen LogP contribution in [-0.4, -0.2) is 42.8 Å². The highest BCUT2D eigenvalue weighted by Crippen LogP contribution is 2.46. The number of ether oxygens (including phenoxy) is 2. The van der Waals surface area contributed by atoms with E-state index in [4.69, 9.17) is 9.47 Å². The first-order chi connectivity index (χ1) is 7.77. The van der Waals surface area contributed by atoms with Gasteiger partial charge in [-0.1, -0.05) is 0 Å². The predicted octanol–water partition coefficient (Wildman–Crippen LogP) is 0.144. The highest BCUT2D eigenvalue weighted by Gasteiger charge is 2.58. The van der Waals surface area contributed by atoms with Gasteiger partial charge in [-0.25, -0.2) is 0 Å². The fourth-order valence-corrected chi connectivity index (χ4v) is 2.41. The number of hydrogen-bond acceptors (Lipinski definition) is 4. The third kappa shape index (κ3) is 1.64. The van der Waals surface area contributed by atoms with E-state index in [0.29, 0.717) is 26.2 Å². The molecule has 3 rings (SSSR count). The lowest BCUT2D eigenvalue weighted by atomic mass is 10.3. The first-order valence-electron chi connectivity index (χ1n) is 5.86. The monoisotopic (exact) mass is 225 g/mol. The summed E-state index contributed by atoms with van der Waals surface area (Å²) >= 11 is 0. The van der Waals surface area contributed by atoms with Gasteiger partial charge in [0, 0.05) is 13.0 Å². The summed E-state index contributed by atoms with van der Waals surface area (Å²) in [7, 11) is 0. The minimum absolute atomic E-state index is 0.000641. The van der Waals surface area contributed by atoms with Gasteiger partial charge >= 0.3 is 0 Å². The molecule has 16 heavy (non-hydrogen) atoms. The summed E-state index contributed by atoms with van der Waals surface area (Å²) in [5.74, 6) is 0.0120. The largest absolute Gasteiger partial charge is 0.353 e. The molecule has 5 nitrogen and oxygen atoms in total. The fraction of sp³-hybridized carbons (Fsp3) is 0.818. The van der Waals surface area contributed by atoms with Gasteiger partial charge < -0.3 is 9.47 Å². The second-order valence-electron chi connectivity index (χ2n) is 4.59. The van der Waals surface area contributed by atoms with Gasteiger partial charge in [0.05, 0.1) is 25.0 Å². The van der Waals surface area contributed by atoms with Gasteiger partial charge in [0.1, 0.15) is 0 Å². The molecule has 2 aliphatic heterocycles. The Morgan fingerprint density at radius 1 is 1.12 bits per heavy atom. The van der Waals surface area contributed by atoms with Crippen LogP contribution >= 0.6 is 0 Å². The molecule has 88 valence electrons. The van der Waals surface area contributed by atoms with E-state index in [1.165, 1.54) is 4.90 Å². The second kappa shape index (κ2) is 3.82. The zero-order valence-corrected chi connectivity index (χ0v) is 9.05.